The lowest BCUT2D eigenvalue weighted by atomic mass is 10.1. The third-order valence-corrected chi connectivity index (χ3v) is 4.46. The summed E-state index contributed by atoms with van der Waals surface area (Å²) in [7, 11) is 0. The first-order valence-electron chi connectivity index (χ1n) is 7.41. The molecule has 22 heavy (non-hydrogen) atoms. The Bertz CT molecular complexity index is 578. The van der Waals surface area contributed by atoms with Crippen LogP contribution in [-0.4, -0.2) is 47.6 Å². The summed E-state index contributed by atoms with van der Waals surface area (Å²) in [6.45, 7) is 3.53. The number of hydrogen-bond acceptors (Lipinski definition) is 3. The molecule has 1 amide bonds. The second-order valence-corrected chi connectivity index (χ2v) is 6.00. The monoisotopic (exact) mass is 324 g/mol. The molecular weight excluding hydrogens is 304 g/mol. The van der Waals surface area contributed by atoms with Crippen molar-refractivity contribution in [2.24, 2.45) is 5.92 Å². The maximum Gasteiger partial charge on any atom is 0.307 e. The van der Waals surface area contributed by atoms with E-state index in [0.29, 0.717) is 26.1 Å². The maximum atomic E-state index is 12.6. The van der Waals surface area contributed by atoms with E-state index < -0.39 is 5.97 Å². The van der Waals surface area contributed by atoms with Crippen LogP contribution in [0.2, 0.25) is 0 Å². The van der Waals surface area contributed by atoms with Gasteiger partial charge in [-0.15, -0.1) is 12.4 Å². The zero-order valence-electron chi connectivity index (χ0n) is 12.6. The molecule has 120 valence electrons. The average molecular weight is 325 g/mol. The van der Waals surface area contributed by atoms with Gasteiger partial charge in [0.05, 0.1) is 12.5 Å². The molecule has 2 aliphatic rings. The first-order valence-corrected chi connectivity index (χ1v) is 7.41. The van der Waals surface area contributed by atoms with E-state index in [-0.39, 0.29) is 30.3 Å². The first-order chi connectivity index (χ1) is 10.1. The molecule has 1 aromatic rings. The molecule has 1 fully saturated rings. The van der Waals surface area contributed by atoms with E-state index in [1.54, 1.807) is 0 Å². The first kappa shape index (κ1) is 16.8. The number of carbonyl (C=O) groups excluding carboxylic acids is 1. The summed E-state index contributed by atoms with van der Waals surface area (Å²) < 4.78 is 0. The van der Waals surface area contributed by atoms with Crippen molar-refractivity contribution in [3.63, 3.8) is 0 Å². The Kier molecular flexibility index (Phi) is 5.08. The number of anilines is 1. The summed E-state index contributed by atoms with van der Waals surface area (Å²) in [6, 6.07) is 8.17. The Balaban J connectivity index is 0.00000176. The minimum absolute atomic E-state index is 0. The number of halogens is 1. The van der Waals surface area contributed by atoms with Crippen LogP contribution in [-0.2, 0) is 16.0 Å². The highest BCUT2D eigenvalue weighted by molar-refractivity contribution is 5.97. The van der Waals surface area contributed by atoms with Gasteiger partial charge in [-0.1, -0.05) is 18.2 Å². The number of carboxylic acid groups (broad SMARTS) is 1. The summed E-state index contributed by atoms with van der Waals surface area (Å²) in [5.74, 6) is -1.02. The van der Waals surface area contributed by atoms with Crippen molar-refractivity contribution in [2.75, 3.05) is 24.5 Å². The smallest absolute Gasteiger partial charge is 0.307 e. The third-order valence-electron chi connectivity index (χ3n) is 4.46. The Labute approximate surface area is 136 Å². The molecule has 0 radical (unpaired) electrons. The topological polar surface area (TPSA) is 60.9 Å². The number of benzene rings is 1. The molecule has 0 spiro atoms. The molecule has 5 nitrogen and oxygen atoms in total. The van der Waals surface area contributed by atoms with Crippen LogP contribution < -0.4 is 4.90 Å². The second-order valence-electron chi connectivity index (χ2n) is 6.00. The van der Waals surface area contributed by atoms with Gasteiger partial charge in [0.1, 0.15) is 0 Å². The van der Waals surface area contributed by atoms with Gasteiger partial charge in [-0.05, 0) is 37.9 Å². The molecule has 3 rings (SSSR count). The summed E-state index contributed by atoms with van der Waals surface area (Å²) in [4.78, 5) is 27.4. The van der Waals surface area contributed by atoms with E-state index in [1.807, 2.05) is 28.0 Å². The van der Waals surface area contributed by atoms with Gasteiger partial charge in [0.2, 0.25) is 5.91 Å². The van der Waals surface area contributed by atoms with E-state index in [9.17, 15) is 9.59 Å². The van der Waals surface area contributed by atoms with Crippen LogP contribution in [0, 0.1) is 5.92 Å². The predicted octanol–water partition coefficient (Wildman–Crippen LogP) is 1.79. The van der Waals surface area contributed by atoms with Crippen molar-refractivity contribution in [3.8, 4) is 0 Å². The number of carboxylic acids is 1. The van der Waals surface area contributed by atoms with Crippen molar-refractivity contribution < 1.29 is 14.7 Å². The Morgan fingerprint density at radius 2 is 2.05 bits per heavy atom. The van der Waals surface area contributed by atoms with Crippen LogP contribution in [0.5, 0.6) is 0 Å². The van der Waals surface area contributed by atoms with Crippen LogP contribution in [0.3, 0.4) is 0 Å². The lowest BCUT2D eigenvalue weighted by Gasteiger charge is -2.25. The molecule has 2 heterocycles. The van der Waals surface area contributed by atoms with Crippen molar-refractivity contribution >= 4 is 30.0 Å². The molecule has 2 unspecified atom stereocenters. The maximum absolute atomic E-state index is 12.6. The van der Waals surface area contributed by atoms with Gasteiger partial charge >= 0.3 is 5.97 Å². The molecule has 1 N–H and O–H groups in total. The standard InChI is InChI=1S/C16H20N2O3.ClH/c1-11-8-12-4-2-3-5-14(12)18(11)15(19)10-17-7-6-13(9-17)16(20)21;/h2-5,11,13H,6-10H2,1H3,(H,20,21);1H. The third kappa shape index (κ3) is 3.10. The average Bonchev–Trinajstić information content (AvgIpc) is 3.01. The Morgan fingerprint density at radius 1 is 1.32 bits per heavy atom. The number of nitrogens with zero attached hydrogens (tertiary/aromatic N) is 2. The molecule has 1 aromatic carbocycles. The van der Waals surface area contributed by atoms with Gasteiger partial charge in [0, 0.05) is 18.3 Å². The fourth-order valence-corrected chi connectivity index (χ4v) is 3.39. The Hall–Kier alpha value is -1.59. The van der Waals surface area contributed by atoms with Gasteiger partial charge < -0.3 is 10.0 Å². The molecule has 2 aliphatic heterocycles. The van der Waals surface area contributed by atoms with E-state index in [4.69, 9.17) is 5.11 Å². The summed E-state index contributed by atoms with van der Waals surface area (Å²) in [5.41, 5.74) is 2.21. The van der Waals surface area contributed by atoms with Crippen LogP contribution in [0.25, 0.3) is 0 Å². The highest BCUT2D eigenvalue weighted by atomic mass is 35.5. The number of para-hydroxylation sites is 1. The molecule has 2 atom stereocenters. The van der Waals surface area contributed by atoms with Gasteiger partial charge in [-0.2, -0.15) is 0 Å². The fourth-order valence-electron chi connectivity index (χ4n) is 3.39. The van der Waals surface area contributed by atoms with Gasteiger partial charge in [-0.3, -0.25) is 14.5 Å². The van der Waals surface area contributed by atoms with Crippen molar-refractivity contribution in [2.45, 2.75) is 25.8 Å². The number of fused-ring (bicyclic) bond motifs is 1. The van der Waals surface area contributed by atoms with Gasteiger partial charge in [-0.25, -0.2) is 0 Å². The van der Waals surface area contributed by atoms with Crippen LogP contribution in [0.1, 0.15) is 18.9 Å². The summed E-state index contributed by atoms with van der Waals surface area (Å²) >= 11 is 0. The predicted molar refractivity (Wildman–Crippen MR) is 86.5 cm³/mol. The number of rotatable bonds is 3. The van der Waals surface area contributed by atoms with Gasteiger partial charge in [0.15, 0.2) is 0 Å². The summed E-state index contributed by atoms with van der Waals surface area (Å²) in [6.07, 6.45) is 1.52. The minimum atomic E-state index is -0.759. The number of hydrogen-bond donors (Lipinski definition) is 1. The number of likely N-dealkylation sites (tertiary alicyclic amines) is 1. The van der Waals surface area contributed by atoms with E-state index in [0.717, 1.165) is 12.1 Å². The summed E-state index contributed by atoms with van der Waals surface area (Å²) in [5, 5.41) is 9.03. The zero-order chi connectivity index (χ0) is 15.0. The molecule has 0 saturated carbocycles. The molecule has 0 aromatic heterocycles. The molecule has 6 heteroatoms. The van der Waals surface area contributed by atoms with E-state index >= 15 is 0 Å². The highest BCUT2D eigenvalue weighted by Crippen LogP contribution is 2.32. The molecular formula is C16H21ClN2O3. The number of amides is 1. The minimum Gasteiger partial charge on any atom is -0.481 e. The van der Waals surface area contributed by atoms with E-state index in [2.05, 4.69) is 13.0 Å². The van der Waals surface area contributed by atoms with E-state index in [1.165, 1.54) is 5.56 Å². The van der Waals surface area contributed by atoms with Crippen molar-refractivity contribution in [1.29, 1.82) is 0 Å². The van der Waals surface area contributed by atoms with Crippen LogP contribution in [0.15, 0.2) is 24.3 Å². The quantitative estimate of drug-likeness (QED) is 0.921. The van der Waals surface area contributed by atoms with Crippen LogP contribution in [0.4, 0.5) is 5.69 Å². The number of carbonyl (C=O) groups is 2. The van der Waals surface area contributed by atoms with Crippen molar-refractivity contribution in [1.82, 2.24) is 4.90 Å². The van der Waals surface area contributed by atoms with Gasteiger partial charge in [0.25, 0.3) is 0 Å². The molecule has 0 aliphatic carbocycles. The molecule has 0 bridgehead atoms. The number of aliphatic carboxylic acids is 1. The lowest BCUT2D eigenvalue weighted by Crippen LogP contribution is -2.42. The lowest BCUT2D eigenvalue weighted by molar-refractivity contribution is -0.141. The Morgan fingerprint density at radius 3 is 2.73 bits per heavy atom. The SMILES string of the molecule is CC1Cc2ccccc2N1C(=O)CN1CCC(C(=O)O)C1.Cl. The normalized spacial score (nSPS) is 24.0. The second kappa shape index (κ2) is 6.67. The fraction of sp³-hybridized carbons (Fsp3) is 0.500. The largest absolute Gasteiger partial charge is 0.481 e. The van der Waals surface area contributed by atoms with Crippen molar-refractivity contribution in [3.05, 3.63) is 29.8 Å². The zero-order valence-corrected chi connectivity index (χ0v) is 13.4. The molecule has 1 saturated heterocycles. The van der Waals surface area contributed by atoms with Crippen LogP contribution >= 0.6 is 12.4 Å². The highest BCUT2D eigenvalue weighted by Gasteiger charge is 2.34.